The normalized spacial score (nSPS) is 23.5. The molecule has 33 heavy (non-hydrogen) atoms. The minimum absolute atomic E-state index is 0.0108. The Morgan fingerprint density at radius 3 is 2.70 bits per heavy atom. The van der Waals surface area contributed by atoms with Crippen LogP contribution in [0.3, 0.4) is 0 Å². The number of carbonyl (C=O) groups is 3. The van der Waals surface area contributed by atoms with E-state index in [2.05, 4.69) is 20.0 Å². The Hall–Kier alpha value is -4.13. The van der Waals surface area contributed by atoms with E-state index < -0.39 is 36.3 Å². The summed E-state index contributed by atoms with van der Waals surface area (Å²) in [6.07, 6.45) is 1.05. The number of aliphatic carboxylic acids is 2. The van der Waals surface area contributed by atoms with Crippen LogP contribution in [0.5, 0.6) is 0 Å². The average molecular weight is 455 g/mol. The van der Waals surface area contributed by atoms with Crippen LogP contribution in [-0.4, -0.2) is 88.2 Å². The number of rotatable bonds is 7. The molecule has 1 aromatic rings. The van der Waals surface area contributed by atoms with Crippen molar-refractivity contribution in [2.24, 2.45) is 20.7 Å². The average Bonchev–Trinajstić information content (AvgIpc) is 3.20. The van der Waals surface area contributed by atoms with Gasteiger partial charge in [-0.05, 0) is 30.0 Å². The number of amides is 1. The summed E-state index contributed by atoms with van der Waals surface area (Å²) in [4.78, 5) is 52.9. The zero-order valence-electron chi connectivity index (χ0n) is 17.3. The summed E-state index contributed by atoms with van der Waals surface area (Å²) in [6, 6.07) is 4.28. The third-order valence-electron chi connectivity index (χ3n) is 5.53. The second kappa shape index (κ2) is 8.78. The van der Waals surface area contributed by atoms with Gasteiger partial charge in [-0.15, -0.1) is 0 Å². The number of amidine groups is 1. The van der Waals surface area contributed by atoms with Gasteiger partial charge in [0.05, 0.1) is 12.7 Å². The van der Waals surface area contributed by atoms with Crippen molar-refractivity contribution in [1.82, 2.24) is 4.90 Å². The molecule has 1 aromatic carbocycles. The second-order valence-electron chi connectivity index (χ2n) is 7.74. The van der Waals surface area contributed by atoms with Gasteiger partial charge in [0.25, 0.3) is 0 Å². The van der Waals surface area contributed by atoms with Crippen LogP contribution >= 0.6 is 0 Å². The number of carboxylic acid groups (broad SMARTS) is 2. The van der Waals surface area contributed by atoms with Gasteiger partial charge in [0.2, 0.25) is 5.84 Å². The summed E-state index contributed by atoms with van der Waals surface area (Å²) in [6.45, 7) is 0.981. The zero-order valence-corrected chi connectivity index (χ0v) is 17.3. The summed E-state index contributed by atoms with van der Waals surface area (Å²) in [5.74, 6) is -3.19. The lowest BCUT2D eigenvalue weighted by Crippen LogP contribution is -2.86. The largest absolute Gasteiger partial charge is 0.858 e. The molecule has 3 heterocycles. The number of carboxylic acids is 2. The van der Waals surface area contributed by atoms with Crippen molar-refractivity contribution in [3.8, 4) is 0 Å². The smallest absolute Gasteiger partial charge is 0.391 e. The number of nitrogens with one attached hydrogen (secondary N) is 1. The topological polar surface area (TPSA) is 198 Å². The number of carbonyl (C=O) groups excluding carboxylic acids is 1. The van der Waals surface area contributed by atoms with Gasteiger partial charge in [-0.1, -0.05) is 17.1 Å². The number of anilines is 1. The Kier molecular flexibility index (Phi) is 5.87. The van der Waals surface area contributed by atoms with Crippen molar-refractivity contribution in [2.75, 3.05) is 18.1 Å². The SMILES string of the molecule is NC1=[NH+]C(=O)C2C(=N1)N=C[C@@H]1CN(c3ccc(C([O-])=N[C@@H](CCC(=O)O)C(=O)O)cc3)CN21. The van der Waals surface area contributed by atoms with E-state index in [4.69, 9.17) is 10.8 Å². The van der Waals surface area contributed by atoms with Crippen LogP contribution in [0.25, 0.3) is 0 Å². The summed E-state index contributed by atoms with van der Waals surface area (Å²) < 4.78 is 0. The van der Waals surface area contributed by atoms with Crippen molar-refractivity contribution >= 4 is 47.4 Å². The number of guanidine groups is 1. The maximum atomic E-state index is 12.4. The van der Waals surface area contributed by atoms with Crippen molar-refractivity contribution in [3.63, 3.8) is 0 Å². The van der Waals surface area contributed by atoms with E-state index >= 15 is 0 Å². The summed E-state index contributed by atoms with van der Waals surface area (Å²) in [7, 11) is 0. The van der Waals surface area contributed by atoms with Gasteiger partial charge in [-0.25, -0.2) is 14.8 Å². The number of hydrogen-bond donors (Lipinski definition) is 4. The minimum atomic E-state index is -1.43. The molecule has 13 nitrogen and oxygen atoms in total. The molecule has 13 heteroatoms. The van der Waals surface area contributed by atoms with Crippen LogP contribution < -0.4 is 20.7 Å². The number of aliphatic imine (C=N–C) groups is 3. The Balaban J connectivity index is 1.47. The molecule has 3 aliphatic rings. The van der Waals surface area contributed by atoms with Crippen LogP contribution in [-0.2, 0) is 14.4 Å². The molecule has 1 fully saturated rings. The zero-order chi connectivity index (χ0) is 23.7. The lowest BCUT2D eigenvalue weighted by Gasteiger charge is -2.29. The lowest BCUT2D eigenvalue weighted by atomic mass is 10.1. The van der Waals surface area contributed by atoms with Crippen molar-refractivity contribution in [2.45, 2.75) is 31.0 Å². The molecular weight excluding hydrogens is 434 g/mol. The van der Waals surface area contributed by atoms with E-state index in [0.29, 0.717) is 19.0 Å². The summed E-state index contributed by atoms with van der Waals surface area (Å²) in [5.41, 5.74) is 6.58. The van der Waals surface area contributed by atoms with Gasteiger partial charge < -0.3 is 20.2 Å². The van der Waals surface area contributed by atoms with Crippen LogP contribution in [0.2, 0.25) is 0 Å². The molecule has 172 valence electrons. The van der Waals surface area contributed by atoms with Crippen LogP contribution in [0.15, 0.2) is 39.2 Å². The Morgan fingerprint density at radius 2 is 2.03 bits per heavy atom. The van der Waals surface area contributed by atoms with E-state index in [0.717, 1.165) is 5.69 Å². The van der Waals surface area contributed by atoms with Gasteiger partial charge in [-0.3, -0.25) is 25.2 Å². The monoisotopic (exact) mass is 455 g/mol. The van der Waals surface area contributed by atoms with Crippen molar-refractivity contribution < 1.29 is 34.7 Å². The van der Waals surface area contributed by atoms with Gasteiger partial charge in [0, 0.05) is 24.9 Å². The number of nitrogens with zero attached hydrogens (tertiary/aromatic N) is 5. The highest BCUT2D eigenvalue weighted by Gasteiger charge is 2.46. The predicted octanol–water partition coefficient (Wildman–Crippen LogP) is -3.65. The van der Waals surface area contributed by atoms with Gasteiger partial charge in [0.15, 0.2) is 6.04 Å². The molecule has 3 atom stereocenters. The first-order valence-corrected chi connectivity index (χ1v) is 10.1. The predicted molar refractivity (Wildman–Crippen MR) is 114 cm³/mol. The number of nitrogens with two attached hydrogens (primary N) is 1. The first-order chi connectivity index (χ1) is 15.7. The van der Waals surface area contributed by atoms with E-state index in [9.17, 15) is 24.6 Å². The molecule has 1 amide bonds. The molecule has 1 unspecified atom stereocenters. The van der Waals surface area contributed by atoms with E-state index in [-0.39, 0.29) is 29.9 Å². The fourth-order valence-corrected chi connectivity index (χ4v) is 3.90. The lowest BCUT2D eigenvalue weighted by molar-refractivity contribution is -0.383. The first kappa shape index (κ1) is 22.1. The summed E-state index contributed by atoms with van der Waals surface area (Å²) >= 11 is 0. The fraction of sp³-hybridized carbons (Fsp3) is 0.350. The molecule has 5 N–H and O–H groups in total. The highest BCUT2D eigenvalue weighted by Crippen LogP contribution is 2.26. The molecule has 0 spiro atoms. The number of fused-ring (bicyclic) bond motifs is 3. The molecule has 3 aliphatic heterocycles. The quantitative estimate of drug-likeness (QED) is 0.236. The number of benzene rings is 1. The molecule has 0 aromatic heterocycles. The highest BCUT2D eigenvalue weighted by molar-refractivity contribution is 6.14. The minimum Gasteiger partial charge on any atom is -0.858 e. The third-order valence-corrected chi connectivity index (χ3v) is 5.53. The van der Waals surface area contributed by atoms with Gasteiger partial charge in [0.1, 0.15) is 6.04 Å². The number of hydrogen-bond acceptors (Lipinski definition) is 10. The Bertz CT molecular complexity index is 1110. The molecule has 0 saturated carbocycles. The van der Waals surface area contributed by atoms with Crippen molar-refractivity contribution in [3.05, 3.63) is 29.8 Å². The Labute approximate surface area is 187 Å². The van der Waals surface area contributed by atoms with Gasteiger partial charge >= 0.3 is 23.8 Å². The molecule has 0 bridgehead atoms. The second-order valence-corrected chi connectivity index (χ2v) is 7.74. The third kappa shape index (κ3) is 4.57. The molecule has 0 aliphatic carbocycles. The van der Waals surface area contributed by atoms with Crippen LogP contribution in [0.1, 0.15) is 18.4 Å². The molecular formula is C20H21N7O6. The first-order valence-electron chi connectivity index (χ1n) is 10.1. The maximum absolute atomic E-state index is 12.4. The van der Waals surface area contributed by atoms with E-state index in [1.165, 1.54) is 12.1 Å². The van der Waals surface area contributed by atoms with Crippen LogP contribution in [0, 0.1) is 0 Å². The summed E-state index contributed by atoms with van der Waals surface area (Å²) in [5, 5.41) is 30.3. The fourth-order valence-electron chi connectivity index (χ4n) is 3.90. The Morgan fingerprint density at radius 1 is 1.30 bits per heavy atom. The molecule has 1 saturated heterocycles. The molecule has 0 radical (unpaired) electrons. The van der Waals surface area contributed by atoms with Crippen molar-refractivity contribution in [1.29, 1.82) is 0 Å². The highest BCUT2D eigenvalue weighted by atomic mass is 16.4. The molecule has 4 rings (SSSR count). The van der Waals surface area contributed by atoms with E-state index in [1.54, 1.807) is 18.3 Å². The standard InChI is InChI=1S/C20H21N7O6/c21-20-24-16-15(18(31)25-20)27-9-26(8-12(27)7-22-16)11-3-1-10(2-4-11)17(30)23-13(19(32)33)5-6-14(28)29/h1-4,7,12-13,15H,5-6,8-9H2,(H,23,30)(H,28,29)(H,32,33)(H2,21,25,31)/t12-,13+,15?/m1/s1. The van der Waals surface area contributed by atoms with Gasteiger partial charge in [-0.2, -0.15) is 0 Å². The van der Waals surface area contributed by atoms with Crippen LogP contribution in [0.4, 0.5) is 5.69 Å². The maximum Gasteiger partial charge on any atom is 0.391 e. The van der Waals surface area contributed by atoms with E-state index in [1.807, 2.05) is 9.80 Å².